The number of halogens is 1. The molecular weight excluding hydrogens is 582 g/mol. The van der Waals surface area contributed by atoms with E-state index in [1.165, 1.54) is 31.5 Å². The van der Waals surface area contributed by atoms with Gasteiger partial charge in [0.2, 0.25) is 0 Å². The first-order valence-electron chi connectivity index (χ1n) is 15.5. The Morgan fingerprint density at radius 1 is 1.09 bits per heavy atom. The molecule has 1 aliphatic heterocycles. The number of aromatic amines is 2. The van der Waals surface area contributed by atoms with Crippen LogP contribution in [-0.4, -0.2) is 73.4 Å². The van der Waals surface area contributed by atoms with Gasteiger partial charge in [0.1, 0.15) is 11.3 Å². The van der Waals surface area contributed by atoms with Crippen LogP contribution in [0.15, 0.2) is 73.1 Å². The third kappa shape index (κ3) is 7.12. The number of hydrogen-bond acceptors (Lipinski definition) is 6. The Morgan fingerprint density at radius 3 is 2.71 bits per heavy atom. The second kappa shape index (κ2) is 13.9. The summed E-state index contributed by atoms with van der Waals surface area (Å²) in [7, 11) is 4.62. The quantitative estimate of drug-likeness (QED) is 0.109. The maximum atomic E-state index is 14.7. The van der Waals surface area contributed by atoms with Crippen molar-refractivity contribution in [3.8, 4) is 22.6 Å². The van der Waals surface area contributed by atoms with Gasteiger partial charge in [-0.25, -0.2) is 14.4 Å². The monoisotopic (exact) mass is 622 g/mol. The fourth-order valence-electron chi connectivity index (χ4n) is 5.89. The zero-order valence-electron chi connectivity index (χ0n) is 26.2. The molecule has 1 saturated heterocycles. The Hall–Kier alpha value is -4.04. The van der Waals surface area contributed by atoms with Gasteiger partial charge >= 0.3 is 0 Å². The Morgan fingerprint density at radius 2 is 1.93 bits per heavy atom. The highest BCUT2D eigenvalue weighted by molar-refractivity contribution is 7.34. The second-order valence-electron chi connectivity index (χ2n) is 11.7. The number of fused-ring (bicyclic) bond motifs is 2. The lowest BCUT2D eigenvalue weighted by molar-refractivity contribution is 0.334. The molecule has 45 heavy (non-hydrogen) atoms. The zero-order valence-corrected chi connectivity index (χ0v) is 27.2. The topological polar surface area (TPSA) is 89.6 Å². The first-order chi connectivity index (χ1) is 21.9. The summed E-state index contributed by atoms with van der Waals surface area (Å²) in [5.74, 6) is 0.306. The number of likely N-dealkylation sites (tertiary alicyclic amines) is 1. The van der Waals surface area contributed by atoms with E-state index < -0.39 is 0 Å². The molecule has 1 atom stereocenters. The molecule has 0 bridgehead atoms. The third-order valence-electron chi connectivity index (χ3n) is 8.24. The minimum Gasteiger partial charge on any atom is -0.335 e. The van der Waals surface area contributed by atoms with Crippen molar-refractivity contribution in [2.75, 3.05) is 33.7 Å². The summed E-state index contributed by atoms with van der Waals surface area (Å²) in [6.07, 6.45) is 15.2. The molecule has 10 heteroatoms. The van der Waals surface area contributed by atoms with Crippen LogP contribution in [-0.2, 0) is 6.16 Å². The lowest BCUT2D eigenvalue weighted by Crippen LogP contribution is -2.20. The van der Waals surface area contributed by atoms with Crippen molar-refractivity contribution in [1.29, 1.82) is 0 Å². The molecular formula is C35H40FN8P. The average molecular weight is 623 g/mol. The van der Waals surface area contributed by atoms with Crippen LogP contribution < -0.4 is 0 Å². The molecule has 1 aromatic carbocycles. The second-order valence-corrected chi connectivity index (χ2v) is 13.3. The molecule has 5 aromatic rings. The predicted octanol–water partition coefficient (Wildman–Crippen LogP) is 7.75. The van der Waals surface area contributed by atoms with Crippen molar-refractivity contribution < 1.29 is 4.39 Å². The van der Waals surface area contributed by atoms with Gasteiger partial charge in [-0.3, -0.25) is 14.8 Å². The maximum absolute atomic E-state index is 14.7. The highest BCUT2D eigenvalue weighted by Crippen LogP contribution is 2.33. The highest BCUT2D eigenvalue weighted by atomic mass is 31.1. The van der Waals surface area contributed by atoms with Crippen molar-refractivity contribution >= 4 is 36.4 Å². The number of H-pyrrole nitrogens is 2. The highest BCUT2D eigenvalue weighted by Gasteiger charge is 2.18. The van der Waals surface area contributed by atoms with Crippen molar-refractivity contribution in [3.63, 3.8) is 0 Å². The van der Waals surface area contributed by atoms with Gasteiger partial charge in [-0.15, -0.1) is 0 Å². The Bertz CT molecular complexity index is 1880. The van der Waals surface area contributed by atoms with Gasteiger partial charge < -0.3 is 9.88 Å². The molecule has 0 aliphatic carbocycles. The molecule has 0 spiro atoms. The number of aromatic nitrogens is 6. The minimum atomic E-state index is -0.270. The minimum absolute atomic E-state index is 0.270. The summed E-state index contributed by atoms with van der Waals surface area (Å²) in [6.45, 7) is 9.68. The van der Waals surface area contributed by atoms with Gasteiger partial charge in [-0.05, 0) is 128 Å². The predicted molar refractivity (Wildman–Crippen MR) is 185 cm³/mol. The fourth-order valence-corrected chi connectivity index (χ4v) is 6.59. The van der Waals surface area contributed by atoms with Crippen molar-refractivity contribution in [1.82, 2.24) is 39.7 Å². The van der Waals surface area contributed by atoms with Gasteiger partial charge in [0.05, 0.1) is 28.4 Å². The number of nitrogens with one attached hydrogen (secondary N) is 2. The van der Waals surface area contributed by atoms with E-state index in [-0.39, 0.29) is 5.82 Å². The van der Waals surface area contributed by atoms with Crippen molar-refractivity contribution in [3.05, 3.63) is 90.2 Å². The first-order valence-corrected chi connectivity index (χ1v) is 16.7. The molecule has 5 heterocycles. The maximum Gasteiger partial charge on any atom is 0.161 e. The number of benzene rings is 1. The van der Waals surface area contributed by atoms with E-state index in [9.17, 15) is 4.39 Å². The number of imidazole rings is 1. The molecule has 4 aromatic heterocycles. The summed E-state index contributed by atoms with van der Waals surface area (Å²) in [5.41, 5.74) is 9.17. The average Bonchev–Trinajstić information content (AvgIpc) is 3.81. The van der Waals surface area contributed by atoms with Crippen molar-refractivity contribution in [2.45, 2.75) is 38.8 Å². The van der Waals surface area contributed by atoms with Crippen LogP contribution in [0.3, 0.4) is 0 Å². The number of nitrogens with zero attached hydrogens (tertiary/aromatic N) is 6. The van der Waals surface area contributed by atoms with E-state index >= 15 is 0 Å². The molecule has 2 N–H and O–H groups in total. The van der Waals surface area contributed by atoms with E-state index in [1.54, 1.807) is 24.5 Å². The Kier molecular flexibility index (Phi) is 9.59. The number of pyridine rings is 2. The zero-order chi connectivity index (χ0) is 31.3. The van der Waals surface area contributed by atoms with Crippen LogP contribution in [0.4, 0.5) is 4.39 Å². The summed E-state index contributed by atoms with van der Waals surface area (Å²) < 4.78 is 16.8. The molecule has 1 aliphatic rings. The molecule has 1 fully saturated rings. The standard InChI is InChI=1S/C35H40FN8P/c1-5-23(10-9-15-44-13-7-8-14-44)16-25(6-2)29-11-12-30-33(38-29)34(42-41-30)35-39-31-21-37-20-28(32(31)40-35)26-17-24(18-27(36)19-26)22-45-43(3)4/h5-6,11-12,16-21,45H,1,7-10,13-15,22H2,2-4H3,(H,39,40)(H,41,42)/b23-16+,25-6+. The molecule has 8 nitrogen and oxygen atoms in total. The van der Waals surface area contributed by atoms with Crippen LogP contribution in [0, 0.1) is 5.82 Å². The fraction of sp³-hybridized carbons (Fsp3) is 0.314. The Balaban J connectivity index is 1.30. The van der Waals surface area contributed by atoms with Gasteiger partial charge in [-0.2, -0.15) is 5.10 Å². The van der Waals surface area contributed by atoms with Crippen molar-refractivity contribution in [2.24, 2.45) is 0 Å². The van der Waals surface area contributed by atoms with Gasteiger partial charge in [0, 0.05) is 17.9 Å². The largest absolute Gasteiger partial charge is 0.335 e. The van der Waals surface area contributed by atoms with Crippen LogP contribution in [0.1, 0.15) is 43.9 Å². The number of allylic oxidation sites excluding steroid dienone is 5. The van der Waals surface area contributed by atoms with E-state index in [0.717, 1.165) is 70.1 Å². The third-order valence-corrected chi connectivity index (χ3v) is 9.44. The molecule has 0 radical (unpaired) electrons. The lowest BCUT2D eigenvalue weighted by atomic mass is 10.0. The summed E-state index contributed by atoms with van der Waals surface area (Å²) in [6, 6.07) is 9.19. The van der Waals surface area contributed by atoms with Gasteiger partial charge in [-0.1, -0.05) is 24.8 Å². The van der Waals surface area contributed by atoms with Gasteiger partial charge in [0.15, 0.2) is 11.5 Å². The number of rotatable bonds is 12. The Labute approximate surface area is 265 Å². The van der Waals surface area contributed by atoms with Crippen LogP contribution in [0.25, 0.3) is 50.3 Å². The first kappa shape index (κ1) is 31.0. The molecule has 0 saturated carbocycles. The SMILES string of the molecule is C=C/C(=C\C(=C/C)c1ccc2[nH]nc(-c3nc4c(-c5cc(F)cc(CPN(C)C)c5)cncc4[nH]3)c2n1)CCCN1CCCC1. The number of hydrogen-bond donors (Lipinski definition) is 2. The summed E-state index contributed by atoms with van der Waals surface area (Å²) in [5, 5.41) is 7.70. The van der Waals surface area contributed by atoms with E-state index in [1.807, 2.05) is 45.3 Å². The summed E-state index contributed by atoms with van der Waals surface area (Å²) >= 11 is 0. The van der Waals surface area contributed by atoms with Gasteiger partial charge in [0.25, 0.3) is 0 Å². The molecule has 0 amide bonds. The van der Waals surface area contributed by atoms with E-state index in [4.69, 9.17) is 9.97 Å². The van der Waals surface area contributed by atoms with Crippen LogP contribution in [0.2, 0.25) is 0 Å². The van der Waals surface area contributed by atoms with Crippen LogP contribution in [0.5, 0.6) is 0 Å². The molecule has 1 unspecified atom stereocenters. The summed E-state index contributed by atoms with van der Waals surface area (Å²) in [4.78, 5) is 20.4. The normalized spacial score (nSPS) is 15.0. The van der Waals surface area contributed by atoms with E-state index in [2.05, 4.69) is 48.5 Å². The van der Waals surface area contributed by atoms with Crippen LogP contribution >= 0.6 is 8.73 Å². The molecule has 6 rings (SSSR count). The van der Waals surface area contributed by atoms with E-state index in [0.29, 0.717) is 25.8 Å². The smallest absolute Gasteiger partial charge is 0.161 e. The molecule has 232 valence electrons. The lowest BCUT2D eigenvalue weighted by Gasteiger charge is -2.14.